The molecule has 0 atom stereocenters. The van der Waals surface area contributed by atoms with E-state index in [0.29, 0.717) is 5.41 Å². The highest BCUT2D eigenvalue weighted by Crippen LogP contribution is 2.22. The lowest BCUT2D eigenvalue weighted by Gasteiger charge is -2.25. The zero-order valence-electron chi connectivity index (χ0n) is 12.1. The molecule has 0 aromatic carbocycles. The van der Waals surface area contributed by atoms with Gasteiger partial charge in [0.1, 0.15) is 0 Å². The fourth-order valence-corrected chi connectivity index (χ4v) is 2.06. The SMILES string of the molecule is C=Cn1cc(CNCC(C)(C)CCCCC)cn1. The summed E-state index contributed by atoms with van der Waals surface area (Å²) in [5.41, 5.74) is 1.59. The Balaban J connectivity index is 2.25. The van der Waals surface area contributed by atoms with E-state index in [1.54, 1.807) is 10.9 Å². The summed E-state index contributed by atoms with van der Waals surface area (Å²) >= 11 is 0. The van der Waals surface area contributed by atoms with Gasteiger partial charge in [-0.2, -0.15) is 5.10 Å². The van der Waals surface area contributed by atoms with Gasteiger partial charge in [-0.1, -0.05) is 46.6 Å². The van der Waals surface area contributed by atoms with Crippen LogP contribution in [-0.2, 0) is 6.54 Å². The maximum absolute atomic E-state index is 4.17. The van der Waals surface area contributed by atoms with E-state index in [4.69, 9.17) is 0 Å². The molecule has 0 saturated carbocycles. The predicted octanol–water partition coefficient (Wildman–Crippen LogP) is 3.68. The fraction of sp³-hybridized carbons (Fsp3) is 0.667. The molecule has 1 aromatic rings. The molecule has 102 valence electrons. The number of rotatable bonds is 9. The first-order valence-electron chi connectivity index (χ1n) is 6.94. The number of nitrogens with one attached hydrogen (secondary N) is 1. The van der Waals surface area contributed by atoms with E-state index in [9.17, 15) is 0 Å². The van der Waals surface area contributed by atoms with E-state index in [1.807, 2.05) is 12.4 Å². The standard InChI is InChI=1S/C15H27N3/c1-5-7-8-9-15(3,4)13-16-10-14-11-17-18(6-2)12-14/h6,11-12,16H,2,5,7-10,13H2,1,3-4H3. The van der Waals surface area contributed by atoms with Crippen LogP contribution >= 0.6 is 0 Å². The molecule has 0 radical (unpaired) electrons. The third-order valence-electron chi connectivity index (χ3n) is 3.23. The van der Waals surface area contributed by atoms with Crippen molar-refractivity contribution in [3.05, 3.63) is 24.5 Å². The number of unbranched alkanes of at least 4 members (excludes halogenated alkanes) is 2. The van der Waals surface area contributed by atoms with E-state index in [-0.39, 0.29) is 0 Å². The first kappa shape index (κ1) is 15.0. The number of nitrogens with zero attached hydrogens (tertiary/aromatic N) is 2. The molecular formula is C15H27N3. The molecule has 0 saturated heterocycles. The highest BCUT2D eigenvalue weighted by Gasteiger charge is 2.16. The Kier molecular flexibility index (Phi) is 6.13. The maximum atomic E-state index is 4.17. The van der Waals surface area contributed by atoms with Crippen molar-refractivity contribution in [1.82, 2.24) is 15.1 Å². The van der Waals surface area contributed by atoms with Crippen LogP contribution < -0.4 is 5.32 Å². The molecule has 1 N–H and O–H groups in total. The molecule has 3 nitrogen and oxygen atoms in total. The van der Waals surface area contributed by atoms with E-state index >= 15 is 0 Å². The largest absolute Gasteiger partial charge is 0.312 e. The molecule has 1 aromatic heterocycles. The third kappa shape index (κ3) is 5.50. The highest BCUT2D eigenvalue weighted by atomic mass is 15.2. The molecule has 0 aliphatic heterocycles. The number of hydrogen-bond donors (Lipinski definition) is 1. The van der Waals surface area contributed by atoms with E-state index in [1.165, 1.54) is 31.2 Å². The highest BCUT2D eigenvalue weighted by molar-refractivity contribution is 5.17. The molecule has 0 amide bonds. The van der Waals surface area contributed by atoms with Gasteiger partial charge in [0.05, 0.1) is 6.20 Å². The van der Waals surface area contributed by atoms with Crippen LogP contribution in [-0.4, -0.2) is 16.3 Å². The van der Waals surface area contributed by atoms with Crippen LogP contribution in [0.4, 0.5) is 0 Å². The predicted molar refractivity (Wildman–Crippen MR) is 78.2 cm³/mol. The Bertz CT molecular complexity index is 352. The fourth-order valence-electron chi connectivity index (χ4n) is 2.06. The smallest absolute Gasteiger partial charge is 0.0538 e. The molecule has 0 spiro atoms. The van der Waals surface area contributed by atoms with Gasteiger partial charge >= 0.3 is 0 Å². The van der Waals surface area contributed by atoms with Crippen LogP contribution in [0.5, 0.6) is 0 Å². The van der Waals surface area contributed by atoms with Crippen LogP contribution in [0.2, 0.25) is 0 Å². The summed E-state index contributed by atoms with van der Waals surface area (Å²) in [5, 5.41) is 7.69. The average Bonchev–Trinajstić information content (AvgIpc) is 2.77. The minimum atomic E-state index is 0.379. The molecule has 0 fully saturated rings. The van der Waals surface area contributed by atoms with Gasteiger partial charge in [-0.15, -0.1) is 0 Å². The Morgan fingerprint density at radius 1 is 1.44 bits per heavy atom. The molecule has 0 aliphatic carbocycles. The van der Waals surface area contributed by atoms with Crippen molar-refractivity contribution >= 4 is 6.20 Å². The Morgan fingerprint density at radius 3 is 2.83 bits per heavy atom. The lowest BCUT2D eigenvalue weighted by atomic mass is 9.87. The summed E-state index contributed by atoms with van der Waals surface area (Å²) in [6.07, 6.45) is 10.9. The molecule has 18 heavy (non-hydrogen) atoms. The summed E-state index contributed by atoms with van der Waals surface area (Å²) in [7, 11) is 0. The molecule has 0 aliphatic rings. The summed E-state index contributed by atoms with van der Waals surface area (Å²) < 4.78 is 1.74. The van der Waals surface area contributed by atoms with Crippen molar-refractivity contribution < 1.29 is 0 Å². The topological polar surface area (TPSA) is 29.9 Å². The zero-order chi connectivity index (χ0) is 13.4. The second-order valence-corrected chi connectivity index (χ2v) is 5.74. The molecule has 1 heterocycles. The van der Waals surface area contributed by atoms with Gasteiger partial charge in [0.15, 0.2) is 0 Å². The quantitative estimate of drug-likeness (QED) is 0.677. The van der Waals surface area contributed by atoms with Crippen molar-refractivity contribution in [2.75, 3.05) is 6.54 Å². The summed E-state index contributed by atoms with van der Waals surface area (Å²) in [4.78, 5) is 0. The van der Waals surface area contributed by atoms with Gasteiger partial charge in [0, 0.05) is 31.0 Å². The first-order valence-corrected chi connectivity index (χ1v) is 6.94. The van der Waals surface area contributed by atoms with Crippen molar-refractivity contribution in [1.29, 1.82) is 0 Å². The minimum absolute atomic E-state index is 0.379. The van der Waals surface area contributed by atoms with Crippen LogP contribution in [0, 0.1) is 5.41 Å². The molecule has 1 rings (SSSR count). The Labute approximate surface area is 111 Å². The van der Waals surface area contributed by atoms with Gasteiger partial charge in [0.25, 0.3) is 0 Å². The lowest BCUT2D eigenvalue weighted by molar-refractivity contribution is 0.302. The maximum Gasteiger partial charge on any atom is 0.0538 e. The van der Waals surface area contributed by atoms with Crippen LogP contribution in [0.1, 0.15) is 52.0 Å². The minimum Gasteiger partial charge on any atom is -0.312 e. The van der Waals surface area contributed by atoms with Crippen molar-refractivity contribution in [2.45, 2.75) is 53.0 Å². The molecule has 0 unspecified atom stereocenters. The monoisotopic (exact) mass is 249 g/mol. The Morgan fingerprint density at radius 2 is 2.22 bits per heavy atom. The molecular weight excluding hydrogens is 222 g/mol. The zero-order valence-corrected chi connectivity index (χ0v) is 12.1. The lowest BCUT2D eigenvalue weighted by Crippen LogP contribution is -2.29. The van der Waals surface area contributed by atoms with Crippen molar-refractivity contribution in [2.24, 2.45) is 5.41 Å². The van der Waals surface area contributed by atoms with Gasteiger partial charge in [-0.05, 0) is 11.8 Å². The van der Waals surface area contributed by atoms with Crippen molar-refractivity contribution in [3.8, 4) is 0 Å². The van der Waals surface area contributed by atoms with Crippen molar-refractivity contribution in [3.63, 3.8) is 0 Å². The van der Waals surface area contributed by atoms with Crippen LogP contribution in [0.25, 0.3) is 6.20 Å². The first-order chi connectivity index (χ1) is 8.57. The summed E-state index contributed by atoms with van der Waals surface area (Å²) in [6, 6.07) is 0. The summed E-state index contributed by atoms with van der Waals surface area (Å²) in [5.74, 6) is 0. The molecule has 0 bridgehead atoms. The third-order valence-corrected chi connectivity index (χ3v) is 3.23. The van der Waals surface area contributed by atoms with Gasteiger partial charge in [-0.3, -0.25) is 0 Å². The van der Waals surface area contributed by atoms with E-state index in [2.05, 4.69) is 37.8 Å². The second-order valence-electron chi connectivity index (χ2n) is 5.74. The number of hydrogen-bond acceptors (Lipinski definition) is 2. The summed E-state index contributed by atoms with van der Waals surface area (Å²) in [6.45, 7) is 12.5. The van der Waals surface area contributed by atoms with E-state index < -0.39 is 0 Å². The average molecular weight is 249 g/mol. The Hall–Kier alpha value is -1.09. The normalized spacial score (nSPS) is 11.7. The van der Waals surface area contributed by atoms with E-state index in [0.717, 1.165) is 13.1 Å². The van der Waals surface area contributed by atoms with Gasteiger partial charge in [0.2, 0.25) is 0 Å². The van der Waals surface area contributed by atoms with Gasteiger partial charge in [-0.25, -0.2) is 4.68 Å². The second kappa shape index (κ2) is 7.37. The van der Waals surface area contributed by atoms with Crippen LogP contribution in [0.15, 0.2) is 19.0 Å². The molecule has 3 heteroatoms. The van der Waals surface area contributed by atoms with Crippen LogP contribution in [0.3, 0.4) is 0 Å². The number of aromatic nitrogens is 2. The van der Waals surface area contributed by atoms with Gasteiger partial charge < -0.3 is 5.32 Å².